The second kappa shape index (κ2) is 7.35. The van der Waals surface area contributed by atoms with Gasteiger partial charge in [0.15, 0.2) is 5.69 Å². The highest BCUT2D eigenvalue weighted by atomic mass is 35.5. The Labute approximate surface area is 159 Å². The first kappa shape index (κ1) is 22.1. The zero-order chi connectivity index (χ0) is 20.8. The number of rotatable bonds is 3. The summed E-state index contributed by atoms with van der Waals surface area (Å²) >= 11 is 5.54. The molecule has 1 unspecified atom stereocenters. The van der Waals surface area contributed by atoms with Gasteiger partial charge in [-0.1, -0.05) is 11.6 Å². The van der Waals surface area contributed by atoms with Crippen molar-refractivity contribution in [3.05, 3.63) is 28.5 Å². The molecular weight excluding hydrogens is 418 g/mol. The number of nitrogens with zero attached hydrogens (tertiary/aromatic N) is 2. The van der Waals surface area contributed by atoms with Gasteiger partial charge in [-0.05, 0) is 45.7 Å². The predicted molar refractivity (Wildman–Crippen MR) is 91.0 cm³/mol. The summed E-state index contributed by atoms with van der Waals surface area (Å²) in [6.07, 6.45) is -9.91. The lowest BCUT2D eigenvalue weighted by Gasteiger charge is -2.37. The fraction of sp³-hybridized carbons (Fsp3) is 0.625. The van der Waals surface area contributed by atoms with E-state index in [4.69, 9.17) is 11.6 Å². The van der Waals surface area contributed by atoms with Gasteiger partial charge in [0.05, 0.1) is 27.1 Å². The highest BCUT2D eigenvalue weighted by Crippen LogP contribution is 2.46. The third-order valence-corrected chi connectivity index (χ3v) is 5.78. The minimum Gasteiger partial charge on any atom is -0.240 e. The minimum atomic E-state index is -4.84. The quantitative estimate of drug-likeness (QED) is 0.459. The second-order valence-electron chi connectivity index (χ2n) is 7.27. The van der Waals surface area contributed by atoms with Crippen LogP contribution in [0.3, 0.4) is 0 Å². The van der Waals surface area contributed by atoms with Crippen molar-refractivity contribution in [3.8, 4) is 0 Å². The first-order valence-electron chi connectivity index (χ1n) is 7.92. The van der Waals surface area contributed by atoms with Crippen LogP contribution >= 0.6 is 11.6 Å². The zero-order valence-corrected chi connectivity index (χ0v) is 16.2. The Morgan fingerprint density at radius 1 is 1.15 bits per heavy atom. The topological polar surface area (TPSA) is 42.3 Å². The van der Waals surface area contributed by atoms with E-state index in [9.17, 15) is 30.6 Å². The third kappa shape index (κ3) is 5.22. The highest BCUT2D eigenvalue weighted by molar-refractivity contribution is 7.85. The summed E-state index contributed by atoms with van der Waals surface area (Å²) in [5, 5.41) is -0.635. The Morgan fingerprint density at radius 2 is 1.70 bits per heavy atom. The Morgan fingerprint density at radius 3 is 2.15 bits per heavy atom. The number of halogens is 7. The SMILES string of the molecule is CC(C)(C)S(=O)N=C(c1ccc(Cl)c(C(F)(F)F)n1)C1CC(C(F)(F)F)C1. The molecule has 1 aliphatic carbocycles. The standard InChI is InChI=1S/C16H17ClF6N2OS/c1-14(2,3)27(26)25-12(8-6-9(7-8)15(18,19)20)11-5-4-10(17)13(24-11)16(21,22)23/h4-5,8-9H,6-7H2,1-3H3. The monoisotopic (exact) mass is 434 g/mol. The van der Waals surface area contributed by atoms with Gasteiger partial charge in [-0.15, -0.1) is 0 Å². The van der Waals surface area contributed by atoms with Crippen LogP contribution in [0.1, 0.15) is 45.0 Å². The third-order valence-electron chi connectivity index (χ3n) is 4.07. The molecule has 0 saturated heterocycles. The van der Waals surface area contributed by atoms with Gasteiger partial charge >= 0.3 is 12.4 Å². The summed E-state index contributed by atoms with van der Waals surface area (Å²) in [4.78, 5) is 3.47. The molecule has 1 atom stereocenters. The van der Waals surface area contributed by atoms with Crippen LogP contribution in [0.4, 0.5) is 26.3 Å². The average molecular weight is 435 g/mol. The van der Waals surface area contributed by atoms with Crippen molar-refractivity contribution in [1.82, 2.24) is 4.98 Å². The normalized spacial score (nSPS) is 23.1. The Kier molecular flexibility index (Phi) is 6.02. The lowest BCUT2D eigenvalue weighted by molar-refractivity contribution is -0.198. The average Bonchev–Trinajstić information content (AvgIpc) is 2.41. The summed E-state index contributed by atoms with van der Waals surface area (Å²) < 4.78 is 93.0. The molecule has 0 aliphatic heterocycles. The fourth-order valence-corrected chi connectivity index (χ4v) is 3.36. The van der Waals surface area contributed by atoms with E-state index in [-0.39, 0.29) is 24.2 Å². The molecule has 0 radical (unpaired) electrons. The number of pyridine rings is 1. The van der Waals surface area contributed by atoms with Crippen molar-refractivity contribution in [2.75, 3.05) is 0 Å². The number of hydrogen-bond donors (Lipinski definition) is 0. The Hall–Kier alpha value is -1.16. The second-order valence-corrected chi connectivity index (χ2v) is 9.58. The van der Waals surface area contributed by atoms with Crippen LogP contribution in [0, 0.1) is 11.8 Å². The van der Waals surface area contributed by atoms with E-state index < -0.39 is 50.6 Å². The molecule has 1 aromatic rings. The lowest BCUT2D eigenvalue weighted by Crippen LogP contribution is -2.40. The molecular formula is C16H17ClF6N2OS. The first-order valence-corrected chi connectivity index (χ1v) is 9.40. The molecule has 0 amide bonds. The van der Waals surface area contributed by atoms with E-state index >= 15 is 0 Å². The minimum absolute atomic E-state index is 0.120. The van der Waals surface area contributed by atoms with Gasteiger partial charge < -0.3 is 0 Å². The van der Waals surface area contributed by atoms with Gasteiger partial charge in [-0.25, -0.2) is 9.19 Å². The van der Waals surface area contributed by atoms with Gasteiger partial charge in [0.1, 0.15) is 11.0 Å². The summed E-state index contributed by atoms with van der Waals surface area (Å²) in [5.41, 5.74) is -1.75. The maximum Gasteiger partial charge on any atom is 0.434 e. The molecule has 0 N–H and O–H groups in total. The fourth-order valence-electron chi connectivity index (χ4n) is 2.45. The molecule has 1 aliphatic rings. The number of alkyl halides is 6. The molecule has 1 fully saturated rings. The maximum absolute atomic E-state index is 13.1. The Bertz CT molecular complexity index is 764. The van der Waals surface area contributed by atoms with Crippen LogP contribution in [0.25, 0.3) is 0 Å². The first-order chi connectivity index (χ1) is 12.1. The van der Waals surface area contributed by atoms with Crippen molar-refractivity contribution in [3.63, 3.8) is 0 Å². The van der Waals surface area contributed by atoms with Crippen molar-refractivity contribution < 1.29 is 30.6 Å². The van der Waals surface area contributed by atoms with E-state index in [1.807, 2.05) is 0 Å². The Balaban J connectivity index is 2.46. The van der Waals surface area contributed by atoms with E-state index in [1.165, 1.54) is 0 Å². The van der Waals surface area contributed by atoms with Gasteiger partial charge in [-0.2, -0.15) is 30.7 Å². The number of hydrogen-bond acceptors (Lipinski definition) is 2. The molecule has 0 bridgehead atoms. The maximum atomic E-state index is 13.1. The van der Waals surface area contributed by atoms with Crippen LogP contribution in [0.15, 0.2) is 16.5 Å². The number of aromatic nitrogens is 1. The van der Waals surface area contributed by atoms with Crippen LogP contribution in [0.5, 0.6) is 0 Å². The van der Waals surface area contributed by atoms with Crippen molar-refractivity contribution >= 4 is 28.3 Å². The van der Waals surface area contributed by atoms with Gasteiger partial charge in [0.2, 0.25) is 0 Å². The van der Waals surface area contributed by atoms with Crippen molar-refractivity contribution in [1.29, 1.82) is 0 Å². The molecule has 1 heterocycles. The molecule has 27 heavy (non-hydrogen) atoms. The lowest BCUT2D eigenvalue weighted by atomic mass is 9.71. The molecule has 3 nitrogen and oxygen atoms in total. The molecule has 0 aromatic carbocycles. The zero-order valence-electron chi connectivity index (χ0n) is 14.6. The van der Waals surface area contributed by atoms with Gasteiger partial charge in [-0.3, -0.25) is 0 Å². The van der Waals surface area contributed by atoms with Crippen LogP contribution in [0.2, 0.25) is 5.02 Å². The molecule has 0 spiro atoms. The summed E-state index contributed by atoms with van der Waals surface area (Å²) in [6, 6.07) is 2.11. The summed E-state index contributed by atoms with van der Waals surface area (Å²) in [7, 11) is -1.87. The van der Waals surface area contributed by atoms with E-state index in [0.717, 1.165) is 12.1 Å². The van der Waals surface area contributed by atoms with Gasteiger partial charge in [0, 0.05) is 5.92 Å². The summed E-state index contributed by atoms with van der Waals surface area (Å²) in [6.45, 7) is 4.79. The molecule has 1 aromatic heterocycles. The van der Waals surface area contributed by atoms with Gasteiger partial charge in [0.25, 0.3) is 0 Å². The molecule has 11 heteroatoms. The highest BCUT2D eigenvalue weighted by Gasteiger charge is 2.50. The molecule has 1 saturated carbocycles. The molecule has 2 rings (SSSR count). The predicted octanol–water partition coefficient (Wildman–Crippen LogP) is 5.59. The van der Waals surface area contributed by atoms with Crippen LogP contribution in [-0.2, 0) is 17.2 Å². The largest absolute Gasteiger partial charge is 0.434 e. The van der Waals surface area contributed by atoms with E-state index in [0.29, 0.717) is 0 Å². The van der Waals surface area contributed by atoms with E-state index in [1.54, 1.807) is 20.8 Å². The summed E-state index contributed by atoms with van der Waals surface area (Å²) in [5.74, 6) is -2.34. The van der Waals surface area contributed by atoms with Crippen LogP contribution in [-0.4, -0.2) is 25.8 Å². The van der Waals surface area contributed by atoms with E-state index in [2.05, 4.69) is 9.38 Å². The smallest absolute Gasteiger partial charge is 0.240 e. The molecule has 152 valence electrons. The van der Waals surface area contributed by atoms with Crippen molar-refractivity contribution in [2.45, 2.75) is 50.7 Å². The van der Waals surface area contributed by atoms with Crippen LogP contribution < -0.4 is 0 Å². The van der Waals surface area contributed by atoms with Crippen molar-refractivity contribution in [2.24, 2.45) is 16.2 Å².